The number of hydrogen-bond acceptors (Lipinski definition) is 3. The Kier molecular flexibility index (Phi) is 5.03. The SMILES string of the molecule is COCC(CCO)NC1CCC(C)(C)C1. The molecule has 0 saturated heterocycles. The molecule has 3 nitrogen and oxygen atoms in total. The van der Waals surface area contributed by atoms with Crippen molar-refractivity contribution in [2.75, 3.05) is 20.3 Å². The van der Waals surface area contributed by atoms with E-state index in [1.165, 1.54) is 19.3 Å². The summed E-state index contributed by atoms with van der Waals surface area (Å²) >= 11 is 0. The predicted molar refractivity (Wildman–Crippen MR) is 61.9 cm³/mol. The fourth-order valence-electron chi connectivity index (χ4n) is 2.48. The van der Waals surface area contributed by atoms with Crippen LogP contribution in [-0.2, 0) is 4.74 Å². The highest BCUT2D eigenvalue weighted by Gasteiger charge is 2.31. The third-order valence-corrected chi connectivity index (χ3v) is 3.29. The largest absolute Gasteiger partial charge is 0.396 e. The molecular formula is C12H25NO2. The van der Waals surface area contributed by atoms with Gasteiger partial charge in [0.2, 0.25) is 0 Å². The molecule has 0 bridgehead atoms. The summed E-state index contributed by atoms with van der Waals surface area (Å²) < 4.78 is 5.15. The van der Waals surface area contributed by atoms with Crippen molar-refractivity contribution in [2.45, 2.75) is 51.6 Å². The topological polar surface area (TPSA) is 41.5 Å². The van der Waals surface area contributed by atoms with Gasteiger partial charge in [0.15, 0.2) is 0 Å². The first-order valence-corrected chi connectivity index (χ1v) is 5.93. The van der Waals surface area contributed by atoms with Gasteiger partial charge in [0.25, 0.3) is 0 Å². The van der Waals surface area contributed by atoms with E-state index in [9.17, 15) is 0 Å². The fourth-order valence-corrected chi connectivity index (χ4v) is 2.48. The van der Waals surface area contributed by atoms with E-state index in [0.717, 1.165) is 6.42 Å². The molecule has 2 N–H and O–H groups in total. The Balaban J connectivity index is 2.32. The van der Waals surface area contributed by atoms with Crippen LogP contribution < -0.4 is 5.32 Å². The molecule has 0 aromatic rings. The van der Waals surface area contributed by atoms with Crippen LogP contribution in [0, 0.1) is 5.41 Å². The monoisotopic (exact) mass is 215 g/mol. The van der Waals surface area contributed by atoms with Gasteiger partial charge in [0.05, 0.1) is 6.61 Å². The van der Waals surface area contributed by atoms with E-state index in [4.69, 9.17) is 9.84 Å². The van der Waals surface area contributed by atoms with Crippen molar-refractivity contribution in [1.82, 2.24) is 5.32 Å². The third-order valence-electron chi connectivity index (χ3n) is 3.29. The molecule has 1 fully saturated rings. The van der Waals surface area contributed by atoms with Gasteiger partial charge in [-0.2, -0.15) is 0 Å². The second-order valence-electron chi connectivity index (χ2n) is 5.44. The Morgan fingerprint density at radius 1 is 1.53 bits per heavy atom. The van der Waals surface area contributed by atoms with Crippen molar-refractivity contribution in [3.05, 3.63) is 0 Å². The van der Waals surface area contributed by atoms with Gasteiger partial charge in [-0.1, -0.05) is 13.8 Å². The molecule has 2 atom stereocenters. The van der Waals surface area contributed by atoms with E-state index in [-0.39, 0.29) is 6.61 Å². The van der Waals surface area contributed by atoms with Gasteiger partial charge in [-0.15, -0.1) is 0 Å². The van der Waals surface area contributed by atoms with Crippen LogP contribution in [0.3, 0.4) is 0 Å². The molecule has 1 aliphatic rings. The van der Waals surface area contributed by atoms with Gasteiger partial charge in [0, 0.05) is 25.8 Å². The van der Waals surface area contributed by atoms with Crippen molar-refractivity contribution in [1.29, 1.82) is 0 Å². The summed E-state index contributed by atoms with van der Waals surface area (Å²) in [6.45, 7) is 5.58. The molecule has 0 heterocycles. The van der Waals surface area contributed by atoms with Crippen LogP contribution in [0.15, 0.2) is 0 Å². The minimum Gasteiger partial charge on any atom is -0.396 e. The number of methoxy groups -OCH3 is 1. The summed E-state index contributed by atoms with van der Waals surface area (Å²) in [5.74, 6) is 0. The zero-order valence-corrected chi connectivity index (χ0v) is 10.3. The second-order valence-corrected chi connectivity index (χ2v) is 5.44. The normalized spacial score (nSPS) is 26.8. The Morgan fingerprint density at radius 3 is 2.73 bits per heavy atom. The molecule has 1 rings (SSSR count). The molecule has 3 heteroatoms. The Labute approximate surface area is 93.2 Å². The molecule has 15 heavy (non-hydrogen) atoms. The first-order valence-electron chi connectivity index (χ1n) is 5.93. The van der Waals surface area contributed by atoms with Crippen LogP contribution in [0.1, 0.15) is 39.5 Å². The number of hydrogen-bond donors (Lipinski definition) is 2. The number of aliphatic hydroxyl groups excluding tert-OH is 1. The highest BCUT2D eigenvalue weighted by molar-refractivity contribution is 4.88. The molecule has 0 aliphatic heterocycles. The molecule has 1 saturated carbocycles. The van der Waals surface area contributed by atoms with Crippen LogP contribution >= 0.6 is 0 Å². The zero-order valence-electron chi connectivity index (χ0n) is 10.3. The number of aliphatic hydroxyl groups is 1. The summed E-state index contributed by atoms with van der Waals surface area (Å²) in [5, 5.41) is 12.5. The van der Waals surface area contributed by atoms with E-state index in [0.29, 0.717) is 24.1 Å². The summed E-state index contributed by atoms with van der Waals surface area (Å²) in [7, 11) is 1.71. The first kappa shape index (κ1) is 12.9. The van der Waals surface area contributed by atoms with E-state index in [1.807, 2.05) is 0 Å². The highest BCUT2D eigenvalue weighted by atomic mass is 16.5. The molecule has 0 amide bonds. The Bertz CT molecular complexity index is 176. The molecule has 0 spiro atoms. The predicted octanol–water partition coefficient (Wildman–Crippen LogP) is 1.55. The smallest absolute Gasteiger partial charge is 0.0616 e. The van der Waals surface area contributed by atoms with Gasteiger partial charge in [-0.05, 0) is 31.1 Å². The minimum absolute atomic E-state index is 0.233. The first-order chi connectivity index (χ1) is 7.07. The molecule has 2 unspecified atom stereocenters. The minimum atomic E-state index is 0.233. The molecular weight excluding hydrogens is 190 g/mol. The Morgan fingerprint density at radius 2 is 2.27 bits per heavy atom. The lowest BCUT2D eigenvalue weighted by Gasteiger charge is -2.23. The van der Waals surface area contributed by atoms with Gasteiger partial charge in [-0.25, -0.2) is 0 Å². The van der Waals surface area contributed by atoms with E-state index >= 15 is 0 Å². The lowest BCUT2D eigenvalue weighted by atomic mass is 9.92. The van der Waals surface area contributed by atoms with Crippen molar-refractivity contribution < 1.29 is 9.84 Å². The quantitative estimate of drug-likeness (QED) is 0.706. The summed E-state index contributed by atoms with van der Waals surface area (Å²) in [6, 6.07) is 0.908. The summed E-state index contributed by atoms with van der Waals surface area (Å²) in [5.41, 5.74) is 0.481. The summed E-state index contributed by atoms with van der Waals surface area (Å²) in [4.78, 5) is 0. The highest BCUT2D eigenvalue weighted by Crippen LogP contribution is 2.37. The van der Waals surface area contributed by atoms with Gasteiger partial charge < -0.3 is 15.2 Å². The van der Waals surface area contributed by atoms with Crippen LogP contribution in [0.2, 0.25) is 0 Å². The third kappa shape index (κ3) is 4.49. The molecule has 0 aromatic carbocycles. The van der Waals surface area contributed by atoms with Gasteiger partial charge in [-0.3, -0.25) is 0 Å². The lowest BCUT2D eigenvalue weighted by Crippen LogP contribution is -2.40. The maximum atomic E-state index is 8.94. The van der Waals surface area contributed by atoms with Crippen molar-refractivity contribution in [3.63, 3.8) is 0 Å². The average molecular weight is 215 g/mol. The second kappa shape index (κ2) is 5.83. The van der Waals surface area contributed by atoms with E-state index in [2.05, 4.69) is 19.2 Å². The van der Waals surface area contributed by atoms with Crippen molar-refractivity contribution >= 4 is 0 Å². The van der Waals surface area contributed by atoms with Crippen LogP contribution in [0.4, 0.5) is 0 Å². The van der Waals surface area contributed by atoms with E-state index in [1.54, 1.807) is 7.11 Å². The fraction of sp³-hybridized carbons (Fsp3) is 1.00. The maximum Gasteiger partial charge on any atom is 0.0616 e. The Hall–Kier alpha value is -0.120. The van der Waals surface area contributed by atoms with Crippen LogP contribution in [0.5, 0.6) is 0 Å². The van der Waals surface area contributed by atoms with Crippen molar-refractivity contribution in [3.8, 4) is 0 Å². The molecule has 0 aromatic heterocycles. The lowest BCUT2D eigenvalue weighted by molar-refractivity contribution is 0.141. The summed E-state index contributed by atoms with van der Waals surface area (Å²) in [6.07, 6.45) is 4.56. The number of nitrogens with one attached hydrogen (secondary N) is 1. The van der Waals surface area contributed by atoms with Gasteiger partial charge in [0.1, 0.15) is 0 Å². The van der Waals surface area contributed by atoms with Crippen LogP contribution in [-0.4, -0.2) is 37.5 Å². The maximum absolute atomic E-state index is 8.94. The van der Waals surface area contributed by atoms with Crippen molar-refractivity contribution in [2.24, 2.45) is 5.41 Å². The number of rotatable bonds is 6. The van der Waals surface area contributed by atoms with E-state index < -0.39 is 0 Å². The zero-order chi connectivity index (χ0) is 11.3. The number of ether oxygens (including phenoxy) is 1. The molecule has 0 radical (unpaired) electrons. The standard InChI is InChI=1S/C12H25NO2/c1-12(2)6-4-10(8-12)13-11(5-7-14)9-15-3/h10-11,13-14H,4-9H2,1-3H3. The van der Waals surface area contributed by atoms with Crippen LogP contribution in [0.25, 0.3) is 0 Å². The molecule has 90 valence electrons. The molecule has 1 aliphatic carbocycles. The average Bonchev–Trinajstić information content (AvgIpc) is 2.46. The van der Waals surface area contributed by atoms with Gasteiger partial charge >= 0.3 is 0 Å².